The van der Waals surface area contributed by atoms with E-state index in [1.54, 1.807) is 109 Å². The Hall–Kier alpha value is -14.7. The predicted molar refractivity (Wildman–Crippen MR) is 479 cm³/mol. The van der Waals surface area contributed by atoms with Gasteiger partial charge < -0.3 is 42.6 Å². The van der Waals surface area contributed by atoms with Gasteiger partial charge in [-0.2, -0.15) is 0 Å². The number of pyridine rings is 9. The Labute approximate surface area is 726 Å². The van der Waals surface area contributed by atoms with Crippen molar-refractivity contribution in [2.24, 2.45) is 0 Å². The van der Waals surface area contributed by atoms with E-state index in [1.807, 2.05) is 0 Å². The van der Waals surface area contributed by atoms with Crippen LogP contribution in [0.4, 0.5) is 0 Å². The van der Waals surface area contributed by atoms with E-state index in [-0.39, 0.29) is 0 Å². The molecule has 9 aromatic heterocycles. The van der Waals surface area contributed by atoms with Crippen molar-refractivity contribution >= 4 is 0 Å². The maximum absolute atomic E-state index is 6.26. The van der Waals surface area contributed by atoms with Crippen LogP contribution in [-0.2, 0) is 0 Å². The van der Waals surface area contributed by atoms with Gasteiger partial charge in [-0.1, -0.05) is 120 Å². The second kappa shape index (κ2) is 51.6. The molecule has 10 heterocycles. The summed E-state index contributed by atoms with van der Waals surface area (Å²) in [6, 6.07) is 32.0. The largest absolute Gasteiger partial charge is 0.493 e. The number of hydrogen-bond donors (Lipinski definition) is 0. The number of hydrogen-bond acceptors (Lipinski definition) is 18. The Balaban J connectivity index is 1.10. The van der Waals surface area contributed by atoms with Crippen LogP contribution in [0.5, 0.6) is 51.7 Å². The highest BCUT2D eigenvalue weighted by Crippen LogP contribution is 2.24. The molecule has 9 aromatic rings. The summed E-state index contributed by atoms with van der Waals surface area (Å²) < 4.78 is 56.1. The lowest BCUT2D eigenvalue weighted by Gasteiger charge is -2.07. The zero-order valence-electron chi connectivity index (χ0n) is 71.7. The van der Waals surface area contributed by atoms with Gasteiger partial charge in [0.25, 0.3) is 0 Å². The molecule has 10 rings (SSSR count). The average molecular weight is 1630 g/mol. The molecular weight excluding hydrogens is 1530 g/mol. The molecule has 18 bridgehead atoms. The van der Waals surface area contributed by atoms with Crippen molar-refractivity contribution in [1.29, 1.82) is 0 Å². The highest BCUT2D eigenvalue weighted by molar-refractivity contribution is 5.56. The zero-order valence-corrected chi connectivity index (χ0v) is 71.7. The Morgan fingerprint density at radius 2 is 0.236 bits per heavy atom. The van der Waals surface area contributed by atoms with Crippen LogP contribution in [0.2, 0.25) is 0 Å². The van der Waals surface area contributed by atoms with Crippen molar-refractivity contribution in [2.75, 3.05) is 59.5 Å². The van der Waals surface area contributed by atoms with Crippen LogP contribution in [0.1, 0.15) is 280 Å². The van der Waals surface area contributed by atoms with Crippen LogP contribution < -0.4 is 42.6 Å². The third-order valence-corrected chi connectivity index (χ3v) is 17.3. The van der Waals surface area contributed by atoms with Gasteiger partial charge in [-0.15, -0.1) is 0 Å². The molecule has 0 atom stereocenters. The number of unbranched alkanes of at least 4 members (excludes halogenated alkanes) is 9. The van der Waals surface area contributed by atoms with Crippen LogP contribution in [-0.4, -0.2) is 104 Å². The van der Waals surface area contributed by atoms with E-state index in [1.165, 1.54) is 0 Å². The van der Waals surface area contributed by atoms with E-state index < -0.39 is 0 Å². The van der Waals surface area contributed by atoms with Crippen molar-refractivity contribution in [1.82, 2.24) is 44.9 Å². The molecule has 0 spiro atoms. The number of fused-ring (bicyclic) bond motifs is 18. The van der Waals surface area contributed by atoms with Crippen molar-refractivity contribution < 1.29 is 42.6 Å². The standard InChI is InChI=1S/C105H99N9O9/c1-10-19-52-115-97-61-79-34-28-29-35-80-62-98(116-53-20-11-2)68-86(107-80)42-48-93-75-104(122-59-26-17-8)76-94(113-93)49-43-88-70-101(119-56-23-14-5)65-83(110-88)38-32-33-39-84-66-102(120-57-24-15-6)72-90(111-84)45-51-96-78-105(123-60-27-18-9)77-95(114-96)50-44-89-71-100(118-55-22-13-4)64-82(109-89)37-31-30-36-81-63-99(117-54-21-12-3)69-87(108-81)41-47-92-74-103(121-58-25-16-7)73-91(112-92)46-40-85(67-97)106-79/h61-78H,10-27,52-60H2,1-9H3. The smallest absolute Gasteiger partial charge is 0.124 e. The Morgan fingerprint density at radius 3 is 0.325 bits per heavy atom. The predicted octanol–water partition coefficient (Wildman–Crippen LogP) is 17.8. The maximum Gasteiger partial charge on any atom is 0.124 e. The average Bonchev–Trinajstić information content (AvgIpc) is 0.834. The minimum absolute atomic E-state index is 0.386. The van der Waals surface area contributed by atoms with Gasteiger partial charge in [-0.05, 0) is 200 Å². The topological polar surface area (TPSA) is 199 Å². The number of rotatable bonds is 36. The second-order valence-corrected chi connectivity index (χ2v) is 28.0. The summed E-state index contributed by atoms with van der Waals surface area (Å²) in [5.41, 5.74) is 7.04. The first-order chi connectivity index (χ1) is 60.4. The van der Waals surface area contributed by atoms with Crippen molar-refractivity contribution in [3.8, 4) is 194 Å². The highest BCUT2D eigenvalue weighted by Gasteiger charge is 2.13. The minimum Gasteiger partial charge on any atom is -0.493 e. The third kappa shape index (κ3) is 33.2. The molecule has 18 heteroatoms. The van der Waals surface area contributed by atoms with Gasteiger partial charge in [-0.3, -0.25) is 0 Å². The lowest BCUT2D eigenvalue weighted by atomic mass is 10.2. The van der Waals surface area contributed by atoms with Gasteiger partial charge in [0.15, 0.2) is 0 Å². The number of ether oxygens (including phenoxy) is 9. The van der Waals surface area contributed by atoms with Gasteiger partial charge in [0.05, 0.1) is 59.5 Å². The van der Waals surface area contributed by atoms with Crippen molar-refractivity contribution in [3.05, 3.63) is 212 Å². The van der Waals surface area contributed by atoms with Gasteiger partial charge in [0, 0.05) is 109 Å². The molecule has 0 radical (unpaired) electrons. The summed E-state index contributed by atoms with van der Waals surface area (Å²) in [6.07, 6.45) is 16.0. The van der Waals surface area contributed by atoms with Crippen LogP contribution in [0.3, 0.4) is 0 Å². The molecule has 18 nitrogen and oxygen atoms in total. The summed E-state index contributed by atoms with van der Waals surface area (Å²) in [5, 5.41) is 0. The lowest BCUT2D eigenvalue weighted by molar-refractivity contribution is 0.308. The van der Waals surface area contributed by atoms with Gasteiger partial charge in [0.1, 0.15) is 154 Å². The molecule has 1 aliphatic heterocycles. The fourth-order valence-corrected chi connectivity index (χ4v) is 10.8. The fraction of sp³-hybridized carbons (Fsp3) is 0.343. The van der Waals surface area contributed by atoms with Crippen LogP contribution >= 0.6 is 0 Å². The molecule has 0 unspecified atom stereocenters. The summed E-state index contributed by atoms with van der Waals surface area (Å²) in [4.78, 5) is 43.6. The first-order valence-electron chi connectivity index (χ1n) is 42.5. The third-order valence-electron chi connectivity index (χ3n) is 17.3. The Kier molecular flexibility index (Phi) is 38.0. The molecule has 0 aromatic carbocycles. The summed E-state index contributed by atoms with van der Waals surface area (Å²) in [5.74, 6) is 80.0. The molecule has 0 saturated carbocycles. The molecule has 618 valence electrons. The minimum atomic E-state index is 0.386. The first kappa shape index (κ1) is 90.6. The summed E-state index contributed by atoms with van der Waals surface area (Å²) >= 11 is 0. The summed E-state index contributed by atoms with van der Waals surface area (Å²) in [7, 11) is 0. The van der Waals surface area contributed by atoms with E-state index in [4.69, 9.17) is 87.5 Å². The zero-order chi connectivity index (χ0) is 86.1. The maximum atomic E-state index is 6.26. The SMILES string of the molecule is CCCCOc1cc2nc(c1)C#Cc1cc(OCCCC)cc(n1)C#Cc1cc(OCCCC)cc(n1)C#CC#Cc1cc(OCCCC)cc(n1)C#Cc1cc(OCCCC)cc(n1)C#Cc1cc(OCCCC)cc(n1)C#CC#Cc1cc(OCCCC)cc(n1)C#Cc1cc(OCCCC)cc(n1)C#Cc1cc(OCCCC)cc(n1)C#CC#C2. The molecule has 0 N–H and O–H groups in total. The van der Waals surface area contributed by atoms with E-state index in [0.29, 0.717) is 214 Å². The number of nitrogens with zero attached hydrogens (tertiary/aromatic N) is 9. The Morgan fingerprint density at radius 1 is 0.146 bits per heavy atom. The van der Waals surface area contributed by atoms with Crippen LogP contribution in [0, 0.1) is 142 Å². The highest BCUT2D eigenvalue weighted by atomic mass is 16.5. The van der Waals surface area contributed by atoms with E-state index >= 15 is 0 Å². The fourth-order valence-electron chi connectivity index (χ4n) is 10.8. The molecular formula is C105H99N9O9. The quantitative estimate of drug-likeness (QED) is 0.0265. The monoisotopic (exact) mass is 1630 g/mol. The molecule has 1 aliphatic rings. The molecule has 123 heavy (non-hydrogen) atoms. The van der Waals surface area contributed by atoms with E-state index in [9.17, 15) is 0 Å². The molecule has 0 saturated heterocycles. The van der Waals surface area contributed by atoms with E-state index in [2.05, 4.69) is 204 Å². The van der Waals surface area contributed by atoms with Crippen molar-refractivity contribution in [3.63, 3.8) is 0 Å². The Bertz CT molecular complexity index is 5090. The normalized spacial score (nSPS) is 10.7. The summed E-state index contributed by atoms with van der Waals surface area (Å²) in [6.45, 7) is 23.3. The molecule has 0 aliphatic carbocycles. The van der Waals surface area contributed by atoms with Crippen LogP contribution in [0.15, 0.2) is 109 Å². The molecule has 0 amide bonds. The second-order valence-electron chi connectivity index (χ2n) is 28.0. The van der Waals surface area contributed by atoms with Gasteiger partial charge in [0.2, 0.25) is 0 Å². The van der Waals surface area contributed by atoms with Gasteiger partial charge in [-0.25, -0.2) is 44.9 Å². The van der Waals surface area contributed by atoms with Gasteiger partial charge >= 0.3 is 0 Å². The molecule has 0 fully saturated rings. The van der Waals surface area contributed by atoms with Crippen molar-refractivity contribution in [2.45, 2.75) is 178 Å². The van der Waals surface area contributed by atoms with Crippen LogP contribution in [0.25, 0.3) is 0 Å². The van der Waals surface area contributed by atoms with E-state index in [0.717, 1.165) is 116 Å². The lowest BCUT2D eigenvalue weighted by Crippen LogP contribution is -2.00. The first-order valence-corrected chi connectivity index (χ1v) is 42.5. The number of aromatic nitrogens is 9.